The second kappa shape index (κ2) is 8.53. The fourth-order valence-corrected chi connectivity index (χ4v) is 4.69. The van der Waals surface area contributed by atoms with Crippen LogP contribution >= 0.6 is 11.6 Å². The molecule has 0 aliphatic rings. The van der Waals surface area contributed by atoms with Crippen molar-refractivity contribution >= 4 is 38.2 Å². The molecule has 4 rings (SSSR count). The predicted octanol–water partition coefficient (Wildman–Crippen LogP) is 5.00. The number of fused-ring (bicyclic) bond motifs is 1. The SMILES string of the molecule is O=C(NCc1ccc(S(=O)(=O)c2ccc(Cl)c(C(F)(F)F)c2)cc1)c1cc2cnccc2[nH]1. The number of pyridine rings is 1. The number of hydrogen-bond donors (Lipinski definition) is 2. The number of hydrogen-bond acceptors (Lipinski definition) is 4. The van der Waals surface area contributed by atoms with Gasteiger partial charge in [0, 0.05) is 29.8 Å². The maximum atomic E-state index is 13.1. The second-order valence-corrected chi connectivity index (χ2v) is 9.47. The highest BCUT2D eigenvalue weighted by molar-refractivity contribution is 7.91. The van der Waals surface area contributed by atoms with Gasteiger partial charge < -0.3 is 10.3 Å². The van der Waals surface area contributed by atoms with Gasteiger partial charge in [0.05, 0.1) is 20.4 Å². The normalized spacial score (nSPS) is 12.1. The number of carbonyl (C=O) groups excluding carboxylic acids is 1. The standard InChI is InChI=1S/C22H15ClF3N3O3S/c23-18-6-5-16(10-17(18)22(24,25)26)33(31,32)15-3-1-13(2-4-15)11-28-21(30)20-9-14-12-27-8-7-19(14)29-20/h1-10,12,29H,11H2,(H,28,30). The summed E-state index contributed by atoms with van der Waals surface area (Å²) in [6, 6.07) is 11.3. The van der Waals surface area contributed by atoms with Crippen molar-refractivity contribution < 1.29 is 26.4 Å². The van der Waals surface area contributed by atoms with E-state index in [1.165, 1.54) is 24.3 Å². The van der Waals surface area contributed by atoms with Gasteiger partial charge in [0.15, 0.2) is 0 Å². The predicted molar refractivity (Wildman–Crippen MR) is 116 cm³/mol. The maximum absolute atomic E-state index is 13.1. The van der Waals surface area contributed by atoms with Gasteiger partial charge in [-0.2, -0.15) is 13.2 Å². The summed E-state index contributed by atoms with van der Waals surface area (Å²) in [5, 5.41) is 2.92. The Bertz CT molecular complexity index is 1420. The second-order valence-electron chi connectivity index (χ2n) is 7.12. The average Bonchev–Trinajstić information content (AvgIpc) is 3.21. The van der Waals surface area contributed by atoms with Crippen LogP contribution in [-0.2, 0) is 22.6 Å². The molecule has 0 aliphatic heterocycles. The van der Waals surface area contributed by atoms with Crippen LogP contribution in [0.1, 0.15) is 21.6 Å². The summed E-state index contributed by atoms with van der Waals surface area (Å²) in [6.45, 7) is 0.117. The molecule has 2 aromatic heterocycles. The van der Waals surface area contributed by atoms with Crippen LogP contribution in [0.3, 0.4) is 0 Å². The van der Waals surface area contributed by atoms with Gasteiger partial charge in [0.2, 0.25) is 9.84 Å². The lowest BCUT2D eigenvalue weighted by atomic mass is 10.2. The molecule has 0 unspecified atom stereocenters. The quantitative estimate of drug-likeness (QED) is 0.409. The van der Waals surface area contributed by atoms with Crippen molar-refractivity contribution in [3.8, 4) is 0 Å². The number of alkyl halides is 3. The molecule has 0 spiro atoms. The summed E-state index contributed by atoms with van der Waals surface area (Å²) in [5.74, 6) is -0.358. The number of halogens is 4. The number of sulfone groups is 1. The number of benzene rings is 2. The highest BCUT2D eigenvalue weighted by Crippen LogP contribution is 2.36. The van der Waals surface area contributed by atoms with Gasteiger partial charge in [0.1, 0.15) is 5.69 Å². The van der Waals surface area contributed by atoms with Crippen LogP contribution in [0.15, 0.2) is 76.8 Å². The van der Waals surface area contributed by atoms with E-state index in [-0.39, 0.29) is 17.3 Å². The van der Waals surface area contributed by atoms with Gasteiger partial charge >= 0.3 is 6.18 Å². The molecule has 6 nitrogen and oxygen atoms in total. The molecule has 0 atom stereocenters. The van der Waals surface area contributed by atoms with Crippen molar-refractivity contribution in [3.63, 3.8) is 0 Å². The minimum Gasteiger partial charge on any atom is -0.350 e. The molecule has 0 radical (unpaired) electrons. The Kier molecular flexibility index (Phi) is 5.89. The third-order valence-electron chi connectivity index (χ3n) is 4.91. The number of aromatic nitrogens is 2. The van der Waals surface area contributed by atoms with E-state index >= 15 is 0 Å². The Morgan fingerprint density at radius 2 is 1.73 bits per heavy atom. The van der Waals surface area contributed by atoms with Gasteiger partial charge in [-0.05, 0) is 48.0 Å². The number of carbonyl (C=O) groups is 1. The highest BCUT2D eigenvalue weighted by atomic mass is 35.5. The molecule has 11 heteroatoms. The van der Waals surface area contributed by atoms with E-state index in [0.29, 0.717) is 17.3 Å². The smallest absolute Gasteiger partial charge is 0.350 e. The first kappa shape index (κ1) is 22.8. The van der Waals surface area contributed by atoms with Crippen molar-refractivity contribution in [1.29, 1.82) is 0 Å². The molecule has 0 fully saturated rings. The molecule has 2 N–H and O–H groups in total. The lowest BCUT2D eigenvalue weighted by Crippen LogP contribution is -2.23. The summed E-state index contributed by atoms with van der Waals surface area (Å²) in [4.78, 5) is 18.6. The number of nitrogens with zero attached hydrogens (tertiary/aromatic N) is 1. The number of rotatable bonds is 5. The lowest BCUT2D eigenvalue weighted by Gasteiger charge is -2.12. The summed E-state index contributed by atoms with van der Waals surface area (Å²) in [5.41, 5.74) is 0.491. The van der Waals surface area contributed by atoms with Crippen LogP contribution < -0.4 is 5.32 Å². The van der Waals surface area contributed by atoms with Crippen molar-refractivity contribution in [3.05, 3.63) is 88.8 Å². The van der Waals surface area contributed by atoms with Crippen LogP contribution in [0.2, 0.25) is 5.02 Å². The van der Waals surface area contributed by atoms with Crippen LogP contribution in [0.5, 0.6) is 0 Å². The van der Waals surface area contributed by atoms with E-state index in [1.807, 2.05) is 0 Å². The Morgan fingerprint density at radius 1 is 1.03 bits per heavy atom. The van der Waals surface area contributed by atoms with E-state index < -0.39 is 31.5 Å². The molecule has 2 heterocycles. The molecule has 0 saturated heterocycles. The van der Waals surface area contributed by atoms with E-state index in [4.69, 9.17) is 11.6 Å². The molecule has 2 aromatic carbocycles. The summed E-state index contributed by atoms with van der Waals surface area (Å²) >= 11 is 5.57. The van der Waals surface area contributed by atoms with Crippen molar-refractivity contribution in [2.45, 2.75) is 22.5 Å². The van der Waals surface area contributed by atoms with Crippen LogP contribution in [0.4, 0.5) is 13.2 Å². The molecule has 1 amide bonds. The minimum absolute atomic E-state index is 0.117. The zero-order valence-electron chi connectivity index (χ0n) is 16.7. The lowest BCUT2D eigenvalue weighted by molar-refractivity contribution is -0.137. The van der Waals surface area contributed by atoms with E-state index in [9.17, 15) is 26.4 Å². The zero-order valence-corrected chi connectivity index (χ0v) is 18.2. The monoisotopic (exact) mass is 493 g/mol. The molecule has 170 valence electrons. The third kappa shape index (κ3) is 4.71. The number of H-pyrrole nitrogens is 1. The van der Waals surface area contributed by atoms with Gasteiger partial charge in [-0.25, -0.2) is 8.42 Å². The minimum atomic E-state index is -4.79. The molecule has 33 heavy (non-hydrogen) atoms. The van der Waals surface area contributed by atoms with Crippen LogP contribution in [-0.4, -0.2) is 24.3 Å². The fraction of sp³-hybridized carbons (Fsp3) is 0.0909. The first-order chi connectivity index (χ1) is 15.6. The Balaban J connectivity index is 1.49. The largest absolute Gasteiger partial charge is 0.417 e. The Labute approximate surface area is 191 Å². The number of amides is 1. The molecule has 4 aromatic rings. The van der Waals surface area contributed by atoms with Crippen molar-refractivity contribution in [1.82, 2.24) is 15.3 Å². The van der Waals surface area contributed by atoms with Gasteiger partial charge in [-0.15, -0.1) is 0 Å². The van der Waals surface area contributed by atoms with Gasteiger partial charge in [0.25, 0.3) is 5.91 Å². The fourth-order valence-electron chi connectivity index (χ4n) is 3.18. The van der Waals surface area contributed by atoms with E-state index in [0.717, 1.165) is 23.0 Å². The molecular weight excluding hydrogens is 479 g/mol. The molecule has 0 bridgehead atoms. The van der Waals surface area contributed by atoms with Crippen molar-refractivity contribution in [2.24, 2.45) is 0 Å². The Hall–Kier alpha value is -3.37. The average molecular weight is 494 g/mol. The molecule has 0 aliphatic carbocycles. The van der Waals surface area contributed by atoms with Crippen LogP contribution in [0.25, 0.3) is 10.9 Å². The molecular formula is C22H15ClF3N3O3S. The van der Waals surface area contributed by atoms with Gasteiger partial charge in [-0.3, -0.25) is 9.78 Å². The number of nitrogens with one attached hydrogen (secondary N) is 2. The van der Waals surface area contributed by atoms with E-state index in [2.05, 4.69) is 15.3 Å². The first-order valence-electron chi connectivity index (χ1n) is 9.47. The van der Waals surface area contributed by atoms with E-state index in [1.54, 1.807) is 24.5 Å². The summed E-state index contributed by atoms with van der Waals surface area (Å²) in [6.07, 6.45) is -1.56. The highest BCUT2D eigenvalue weighted by Gasteiger charge is 2.34. The molecule has 0 saturated carbocycles. The maximum Gasteiger partial charge on any atom is 0.417 e. The number of aromatic amines is 1. The van der Waals surface area contributed by atoms with Gasteiger partial charge in [-0.1, -0.05) is 23.7 Å². The third-order valence-corrected chi connectivity index (χ3v) is 7.00. The first-order valence-corrected chi connectivity index (χ1v) is 11.3. The van der Waals surface area contributed by atoms with Crippen molar-refractivity contribution in [2.75, 3.05) is 0 Å². The summed E-state index contributed by atoms with van der Waals surface area (Å²) < 4.78 is 64.8. The topological polar surface area (TPSA) is 91.9 Å². The summed E-state index contributed by atoms with van der Waals surface area (Å²) in [7, 11) is -4.20. The van der Waals surface area contributed by atoms with Crippen LogP contribution in [0, 0.1) is 0 Å². The Morgan fingerprint density at radius 3 is 2.39 bits per heavy atom. The zero-order chi connectivity index (χ0) is 23.8.